The van der Waals surface area contributed by atoms with Crippen LogP contribution in [0.25, 0.3) is 5.69 Å². The van der Waals surface area contributed by atoms with Crippen molar-refractivity contribution < 1.29 is 4.79 Å². The number of carbonyl (C=O) groups is 1. The van der Waals surface area contributed by atoms with Gasteiger partial charge in [0.05, 0.1) is 5.69 Å². The standard InChI is InChI=1S/C22H24N2O2/c1-4-5-14-23-15-17(3)24(22(23)26)20-9-7-6-8-19(20)21(25)18-12-10-16(2)11-13-18/h6-13,15H,4-5,14H2,1-3H3. The number of para-hydroxylation sites is 1. The lowest BCUT2D eigenvalue weighted by Gasteiger charge is -2.11. The van der Waals surface area contributed by atoms with Gasteiger partial charge in [-0.05, 0) is 32.4 Å². The maximum atomic E-state index is 13.0. The summed E-state index contributed by atoms with van der Waals surface area (Å²) in [4.78, 5) is 25.9. The largest absolute Gasteiger partial charge is 0.332 e. The molecule has 26 heavy (non-hydrogen) atoms. The van der Waals surface area contributed by atoms with Gasteiger partial charge in [0.2, 0.25) is 0 Å². The van der Waals surface area contributed by atoms with Gasteiger partial charge in [0, 0.05) is 29.6 Å². The average molecular weight is 348 g/mol. The van der Waals surface area contributed by atoms with Crippen LogP contribution < -0.4 is 5.69 Å². The zero-order chi connectivity index (χ0) is 18.7. The summed E-state index contributed by atoms with van der Waals surface area (Å²) in [6.07, 6.45) is 3.84. The topological polar surface area (TPSA) is 44.0 Å². The summed E-state index contributed by atoms with van der Waals surface area (Å²) >= 11 is 0. The summed E-state index contributed by atoms with van der Waals surface area (Å²) in [6, 6.07) is 14.8. The van der Waals surface area contributed by atoms with Crippen molar-refractivity contribution in [3.63, 3.8) is 0 Å². The molecule has 0 fully saturated rings. The molecule has 3 rings (SSSR count). The molecule has 0 unspecified atom stereocenters. The Morgan fingerprint density at radius 3 is 2.38 bits per heavy atom. The Morgan fingerprint density at radius 1 is 1.00 bits per heavy atom. The number of ketones is 1. The zero-order valence-electron chi connectivity index (χ0n) is 15.5. The number of rotatable bonds is 6. The maximum absolute atomic E-state index is 13.0. The van der Waals surface area contributed by atoms with E-state index in [-0.39, 0.29) is 11.5 Å². The highest BCUT2D eigenvalue weighted by atomic mass is 16.2. The molecule has 0 aliphatic carbocycles. The molecule has 134 valence electrons. The van der Waals surface area contributed by atoms with Crippen molar-refractivity contribution in [1.29, 1.82) is 0 Å². The Balaban J connectivity index is 2.08. The van der Waals surface area contributed by atoms with Crippen molar-refractivity contribution in [2.24, 2.45) is 0 Å². The fourth-order valence-corrected chi connectivity index (χ4v) is 3.12. The van der Waals surface area contributed by atoms with E-state index in [0.717, 1.165) is 24.1 Å². The second kappa shape index (κ2) is 7.56. The van der Waals surface area contributed by atoms with Gasteiger partial charge in [-0.15, -0.1) is 0 Å². The number of imidazole rings is 1. The molecule has 0 aliphatic rings. The van der Waals surface area contributed by atoms with Crippen LogP contribution in [0.15, 0.2) is 59.5 Å². The molecule has 4 heteroatoms. The maximum Gasteiger partial charge on any atom is 0.332 e. The van der Waals surface area contributed by atoms with Gasteiger partial charge >= 0.3 is 5.69 Å². The van der Waals surface area contributed by atoms with Crippen LogP contribution in [0.3, 0.4) is 0 Å². The average Bonchev–Trinajstić information content (AvgIpc) is 2.93. The van der Waals surface area contributed by atoms with Gasteiger partial charge in [0.25, 0.3) is 0 Å². The smallest absolute Gasteiger partial charge is 0.299 e. The molecule has 0 atom stereocenters. The normalized spacial score (nSPS) is 10.9. The summed E-state index contributed by atoms with van der Waals surface area (Å²) in [5, 5.41) is 0. The predicted molar refractivity (Wildman–Crippen MR) is 104 cm³/mol. The van der Waals surface area contributed by atoms with Crippen molar-refractivity contribution in [3.05, 3.63) is 87.6 Å². The van der Waals surface area contributed by atoms with Crippen LogP contribution >= 0.6 is 0 Å². The fourth-order valence-electron chi connectivity index (χ4n) is 3.12. The molecule has 3 aromatic rings. The third-order valence-electron chi connectivity index (χ3n) is 4.59. The Hall–Kier alpha value is -2.88. The highest BCUT2D eigenvalue weighted by molar-refractivity contribution is 6.11. The Bertz CT molecular complexity index is 978. The number of hydrogen-bond acceptors (Lipinski definition) is 2. The highest BCUT2D eigenvalue weighted by Gasteiger charge is 2.18. The molecule has 0 saturated carbocycles. The number of hydrogen-bond donors (Lipinski definition) is 0. The summed E-state index contributed by atoms with van der Waals surface area (Å²) in [5.74, 6) is -0.0757. The van der Waals surface area contributed by atoms with E-state index in [4.69, 9.17) is 0 Å². The van der Waals surface area contributed by atoms with E-state index < -0.39 is 0 Å². The first-order valence-corrected chi connectivity index (χ1v) is 9.02. The molecule has 0 saturated heterocycles. The van der Waals surface area contributed by atoms with Crippen LogP contribution in [0.4, 0.5) is 0 Å². The molecule has 0 radical (unpaired) electrons. The van der Waals surface area contributed by atoms with E-state index >= 15 is 0 Å². The third-order valence-corrected chi connectivity index (χ3v) is 4.59. The van der Waals surface area contributed by atoms with Crippen LogP contribution in [0.1, 0.15) is 46.9 Å². The lowest BCUT2D eigenvalue weighted by Crippen LogP contribution is -2.25. The van der Waals surface area contributed by atoms with Crippen LogP contribution in [0.2, 0.25) is 0 Å². The van der Waals surface area contributed by atoms with Gasteiger partial charge < -0.3 is 0 Å². The van der Waals surface area contributed by atoms with Crippen LogP contribution in [-0.4, -0.2) is 14.9 Å². The van der Waals surface area contributed by atoms with Crippen molar-refractivity contribution in [3.8, 4) is 5.69 Å². The van der Waals surface area contributed by atoms with E-state index in [0.29, 0.717) is 23.4 Å². The van der Waals surface area contributed by atoms with Crippen LogP contribution in [0.5, 0.6) is 0 Å². The molecule has 2 aromatic carbocycles. The first kappa shape index (κ1) is 17.9. The summed E-state index contributed by atoms with van der Waals surface area (Å²) in [7, 11) is 0. The van der Waals surface area contributed by atoms with Crippen molar-refractivity contribution in [2.45, 2.75) is 40.2 Å². The van der Waals surface area contributed by atoms with E-state index in [1.54, 1.807) is 15.2 Å². The van der Waals surface area contributed by atoms with Crippen molar-refractivity contribution in [2.75, 3.05) is 0 Å². The number of aryl methyl sites for hydroxylation is 3. The molecule has 0 amide bonds. The van der Waals surface area contributed by atoms with Crippen molar-refractivity contribution in [1.82, 2.24) is 9.13 Å². The van der Waals surface area contributed by atoms with E-state index in [1.807, 2.05) is 62.5 Å². The minimum absolute atomic E-state index is 0.0757. The monoisotopic (exact) mass is 348 g/mol. The van der Waals surface area contributed by atoms with Gasteiger partial charge in [-0.1, -0.05) is 55.3 Å². The number of benzene rings is 2. The molecule has 1 heterocycles. The molecular formula is C22H24N2O2. The minimum Gasteiger partial charge on any atom is -0.299 e. The molecule has 0 N–H and O–H groups in total. The van der Waals surface area contributed by atoms with Gasteiger partial charge in [0.15, 0.2) is 5.78 Å². The zero-order valence-corrected chi connectivity index (χ0v) is 15.5. The number of nitrogens with zero attached hydrogens (tertiary/aromatic N) is 2. The molecular weight excluding hydrogens is 324 g/mol. The quantitative estimate of drug-likeness (QED) is 0.624. The van der Waals surface area contributed by atoms with Crippen LogP contribution in [-0.2, 0) is 6.54 Å². The first-order chi connectivity index (χ1) is 12.5. The van der Waals surface area contributed by atoms with Gasteiger partial charge in [-0.2, -0.15) is 0 Å². The SMILES string of the molecule is CCCCn1cc(C)n(-c2ccccc2C(=O)c2ccc(C)cc2)c1=O. The highest BCUT2D eigenvalue weighted by Crippen LogP contribution is 2.19. The predicted octanol–water partition coefficient (Wildman–Crippen LogP) is 4.29. The summed E-state index contributed by atoms with van der Waals surface area (Å²) in [5.41, 5.74) is 3.63. The van der Waals surface area contributed by atoms with E-state index in [9.17, 15) is 9.59 Å². The summed E-state index contributed by atoms with van der Waals surface area (Å²) < 4.78 is 3.36. The van der Waals surface area contributed by atoms with Crippen LogP contribution in [0, 0.1) is 13.8 Å². The number of aromatic nitrogens is 2. The Kier molecular flexibility index (Phi) is 5.21. The number of carbonyl (C=O) groups excluding carboxylic acids is 1. The molecule has 0 spiro atoms. The van der Waals surface area contributed by atoms with Gasteiger partial charge in [-0.3, -0.25) is 13.9 Å². The second-order valence-electron chi connectivity index (χ2n) is 6.65. The molecule has 4 nitrogen and oxygen atoms in total. The molecule has 0 bridgehead atoms. The lowest BCUT2D eigenvalue weighted by atomic mass is 10.0. The van der Waals surface area contributed by atoms with E-state index in [2.05, 4.69) is 6.92 Å². The third kappa shape index (κ3) is 3.40. The minimum atomic E-state index is -0.0971. The lowest BCUT2D eigenvalue weighted by molar-refractivity contribution is 0.103. The molecule has 1 aromatic heterocycles. The van der Waals surface area contributed by atoms with Gasteiger partial charge in [0.1, 0.15) is 0 Å². The number of unbranched alkanes of at least 4 members (excludes halogenated alkanes) is 1. The first-order valence-electron chi connectivity index (χ1n) is 9.02. The summed E-state index contributed by atoms with van der Waals surface area (Å²) in [6.45, 7) is 6.68. The van der Waals surface area contributed by atoms with Gasteiger partial charge in [-0.25, -0.2) is 4.79 Å². The second-order valence-corrected chi connectivity index (χ2v) is 6.65. The Morgan fingerprint density at radius 2 is 1.69 bits per heavy atom. The molecule has 0 aliphatic heterocycles. The van der Waals surface area contributed by atoms with E-state index in [1.165, 1.54) is 0 Å². The fraction of sp³-hybridized carbons (Fsp3) is 0.273. The Labute approximate surface area is 153 Å². The van der Waals surface area contributed by atoms with Crippen molar-refractivity contribution >= 4 is 5.78 Å².